The normalized spacial score (nSPS) is 15.9. The fourth-order valence-electron chi connectivity index (χ4n) is 2.98. The fraction of sp³-hybridized carbons (Fsp3) is 0.500. The maximum Gasteiger partial charge on any atom is 0.261 e. The molecule has 1 aliphatic rings. The minimum absolute atomic E-state index is 0.0437. The largest absolute Gasteiger partial charge is 0.314 e. The van der Waals surface area contributed by atoms with E-state index in [9.17, 15) is 4.79 Å². The Labute approximate surface area is 132 Å². The number of nitrogens with one attached hydrogen (secondary N) is 1. The third-order valence-corrected chi connectivity index (χ3v) is 4.64. The number of hydrogen-bond acceptors (Lipinski definition) is 3. The van der Waals surface area contributed by atoms with Gasteiger partial charge in [0, 0.05) is 17.1 Å². The number of nitrogens with zero attached hydrogens (tertiary/aromatic N) is 2. The van der Waals surface area contributed by atoms with Gasteiger partial charge in [0.05, 0.1) is 17.2 Å². The van der Waals surface area contributed by atoms with Gasteiger partial charge >= 0.3 is 0 Å². The van der Waals surface area contributed by atoms with Crippen molar-refractivity contribution in [3.8, 4) is 0 Å². The molecule has 2 aromatic rings. The van der Waals surface area contributed by atoms with Crippen molar-refractivity contribution in [1.29, 1.82) is 0 Å². The molecule has 0 spiro atoms. The molecule has 1 fully saturated rings. The Hall–Kier alpha value is -1.20. The first-order valence-electron chi connectivity index (χ1n) is 7.62. The van der Waals surface area contributed by atoms with Crippen LogP contribution in [0.15, 0.2) is 33.8 Å². The Morgan fingerprint density at radius 1 is 1.33 bits per heavy atom. The molecule has 21 heavy (non-hydrogen) atoms. The molecule has 0 radical (unpaired) electrons. The number of fused-ring (bicyclic) bond motifs is 1. The van der Waals surface area contributed by atoms with Gasteiger partial charge in [-0.25, -0.2) is 4.98 Å². The molecular formula is C16H20BrN3O. The van der Waals surface area contributed by atoms with Gasteiger partial charge in [0.15, 0.2) is 0 Å². The predicted octanol–water partition coefficient (Wildman–Crippen LogP) is 3.08. The van der Waals surface area contributed by atoms with Crippen LogP contribution in [0, 0.1) is 0 Å². The van der Waals surface area contributed by atoms with Crippen LogP contribution in [-0.2, 0) is 6.54 Å². The zero-order valence-electron chi connectivity index (χ0n) is 12.0. The minimum atomic E-state index is 0.0437. The van der Waals surface area contributed by atoms with Crippen molar-refractivity contribution >= 4 is 26.8 Å². The van der Waals surface area contributed by atoms with Gasteiger partial charge in [-0.15, -0.1) is 0 Å². The van der Waals surface area contributed by atoms with Gasteiger partial charge in [-0.3, -0.25) is 9.36 Å². The van der Waals surface area contributed by atoms with Crippen molar-refractivity contribution in [2.24, 2.45) is 0 Å². The Morgan fingerprint density at radius 2 is 2.14 bits per heavy atom. The molecule has 1 aliphatic carbocycles. The van der Waals surface area contributed by atoms with E-state index < -0.39 is 0 Å². The fourth-order valence-corrected chi connectivity index (χ4v) is 3.34. The van der Waals surface area contributed by atoms with Crippen LogP contribution in [0.25, 0.3) is 10.9 Å². The number of hydrogen-bond donors (Lipinski definition) is 1. The summed E-state index contributed by atoms with van der Waals surface area (Å²) in [6, 6.07) is 6.31. The molecule has 1 saturated carbocycles. The molecule has 0 unspecified atom stereocenters. The number of rotatable bonds is 5. The van der Waals surface area contributed by atoms with Crippen LogP contribution >= 0.6 is 15.9 Å². The smallest absolute Gasteiger partial charge is 0.261 e. The van der Waals surface area contributed by atoms with Gasteiger partial charge in [-0.1, -0.05) is 28.8 Å². The quantitative estimate of drug-likeness (QED) is 0.843. The summed E-state index contributed by atoms with van der Waals surface area (Å²) in [5.74, 6) is 0. The molecule has 1 heterocycles. The molecular weight excluding hydrogens is 330 g/mol. The molecule has 4 nitrogen and oxygen atoms in total. The van der Waals surface area contributed by atoms with Crippen molar-refractivity contribution in [2.45, 2.75) is 44.7 Å². The summed E-state index contributed by atoms with van der Waals surface area (Å²) in [5, 5.41) is 4.25. The van der Waals surface area contributed by atoms with Crippen LogP contribution in [0.2, 0.25) is 0 Å². The van der Waals surface area contributed by atoms with Crippen LogP contribution in [0.1, 0.15) is 32.1 Å². The van der Waals surface area contributed by atoms with Crippen LogP contribution in [0.5, 0.6) is 0 Å². The summed E-state index contributed by atoms with van der Waals surface area (Å²) in [6.07, 6.45) is 7.91. The maximum atomic E-state index is 12.4. The Morgan fingerprint density at radius 3 is 2.95 bits per heavy atom. The van der Waals surface area contributed by atoms with E-state index in [4.69, 9.17) is 0 Å². The highest BCUT2D eigenvalue weighted by atomic mass is 79.9. The van der Waals surface area contributed by atoms with E-state index in [1.807, 2.05) is 18.2 Å². The average molecular weight is 350 g/mol. The van der Waals surface area contributed by atoms with Gasteiger partial charge in [0.1, 0.15) is 0 Å². The van der Waals surface area contributed by atoms with E-state index in [1.165, 1.54) is 25.7 Å². The van der Waals surface area contributed by atoms with E-state index in [2.05, 4.69) is 26.2 Å². The molecule has 3 rings (SSSR count). The van der Waals surface area contributed by atoms with Crippen molar-refractivity contribution in [3.63, 3.8) is 0 Å². The molecule has 0 bridgehead atoms. The molecule has 5 heteroatoms. The topological polar surface area (TPSA) is 46.9 Å². The molecule has 1 aromatic heterocycles. The van der Waals surface area contributed by atoms with Crippen LogP contribution in [0.3, 0.4) is 0 Å². The van der Waals surface area contributed by atoms with Crippen molar-refractivity contribution in [2.75, 3.05) is 6.54 Å². The summed E-state index contributed by atoms with van der Waals surface area (Å²) < 4.78 is 2.63. The summed E-state index contributed by atoms with van der Waals surface area (Å²) in [7, 11) is 0. The van der Waals surface area contributed by atoms with Crippen molar-refractivity contribution < 1.29 is 0 Å². The highest BCUT2D eigenvalue weighted by molar-refractivity contribution is 9.10. The summed E-state index contributed by atoms with van der Waals surface area (Å²) in [4.78, 5) is 16.8. The average Bonchev–Trinajstić information content (AvgIpc) is 2.99. The highest BCUT2D eigenvalue weighted by Gasteiger charge is 2.13. The first-order chi connectivity index (χ1) is 10.2. The predicted molar refractivity (Wildman–Crippen MR) is 88.6 cm³/mol. The van der Waals surface area contributed by atoms with Crippen LogP contribution < -0.4 is 10.9 Å². The Kier molecular flexibility index (Phi) is 4.70. The molecule has 0 atom stereocenters. The molecule has 0 saturated heterocycles. The summed E-state index contributed by atoms with van der Waals surface area (Å²) in [5.41, 5.74) is 0.797. The third-order valence-electron chi connectivity index (χ3n) is 4.15. The molecule has 0 aliphatic heterocycles. The lowest BCUT2D eigenvalue weighted by atomic mass is 10.2. The van der Waals surface area contributed by atoms with Gasteiger partial charge in [-0.2, -0.15) is 0 Å². The second kappa shape index (κ2) is 6.71. The maximum absolute atomic E-state index is 12.4. The first kappa shape index (κ1) is 14.7. The number of aromatic nitrogens is 2. The molecule has 112 valence electrons. The highest BCUT2D eigenvalue weighted by Crippen LogP contribution is 2.17. The van der Waals surface area contributed by atoms with Gasteiger partial charge < -0.3 is 5.32 Å². The van der Waals surface area contributed by atoms with E-state index in [1.54, 1.807) is 10.9 Å². The first-order valence-corrected chi connectivity index (χ1v) is 8.41. The second-order valence-corrected chi connectivity index (χ2v) is 6.61. The zero-order chi connectivity index (χ0) is 14.7. The lowest BCUT2D eigenvalue weighted by Crippen LogP contribution is -2.29. The minimum Gasteiger partial charge on any atom is -0.314 e. The lowest BCUT2D eigenvalue weighted by molar-refractivity contribution is 0.491. The second-order valence-electron chi connectivity index (χ2n) is 5.69. The molecule has 1 aromatic carbocycles. The molecule has 1 N–H and O–H groups in total. The third kappa shape index (κ3) is 3.52. The molecule has 0 amide bonds. The Balaban J connectivity index is 1.63. The van der Waals surface area contributed by atoms with Crippen molar-refractivity contribution in [1.82, 2.24) is 14.9 Å². The van der Waals surface area contributed by atoms with E-state index in [0.29, 0.717) is 18.0 Å². The van der Waals surface area contributed by atoms with Crippen LogP contribution in [-0.4, -0.2) is 22.1 Å². The standard InChI is InChI=1S/C16H20BrN3O/c17-12-6-7-15-14(10-12)16(21)20(11-19-15)9-3-8-18-13-4-1-2-5-13/h6-7,10-11,13,18H,1-5,8-9H2. The number of aryl methyl sites for hydroxylation is 1. The van der Waals surface area contributed by atoms with Crippen LogP contribution in [0.4, 0.5) is 0 Å². The zero-order valence-corrected chi connectivity index (χ0v) is 13.6. The summed E-state index contributed by atoms with van der Waals surface area (Å²) in [6.45, 7) is 1.68. The van der Waals surface area contributed by atoms with Gasteiger partial charge in [-0.05, 0) is 44.0 Å². The number of benzene rings is 1. The van der Waals surface area contributed by atoms with E-state index in [-0.39, 0.29) is 5.56 Å². The number of halogens is 1. The summed E-state index contributed by atoms with van der Waals surface area (Å²) >= 11 is 3.41. The van der Waals surface area contributed by atoms with Gasteiger partial charge in [0.2, 0.25) is 0 Å². The SMILES string of the molecule is O=c1c2cc(Br)ccc2ncn1CCCNC1CCCC1. The van der Waals surface area contributed by atoms with Crippen molar-refractivity contribution in [3.05, 3.63) is 39.4 Å². The van der Waals surface area contributed by atoms with E-state index >= 15 is 0 Å². The van der Waals surface area contributed by atoms with Gasteiger partial charge in [0.25, 0.3) is 5.56 Å². The lowest BCUT2D eigenvalue weighted by Gasteiger charge is -2.12. The van der Waals surface area contributed by atoms with E-state index in [0.717, 1.165) is 23.0 Å². The Bertz CT molecular complexity index is 677. The monoisotopic (exact) mass is 349 g/mol.